The number of fused-ring (bicyclic) bond motifs is 1. The van der Waals surface area contributed by atoms with Crippen LogP contribution in [0.4, 0.5) is 0 Å². The summed E-state index contributed by atoms with van der Waals surface area (Å²) in [5, 5.41) is 4.24. The van der Waals surface area contributed by atoms with Gasteiger partial charge in [-0.25, -0.2) is 0 Å². The van der Waals surface area contributed by atoms with Crippen molar-refractivity contribution in [2.24, 2.45) is 0 Å². The summed E-state index contributed by atoms with van der Waals surface area (Å²) in [6.45, 7) is 5.09. The molecule has 0 aliphatic carbocycles. The summed E-state index contributed by atoms with van der Waals surface area (Å²) in [5.41, 5.74) is 1.12. The van der Waals surface area contributed by atoms with E-state index in [1.54, 1.807) is 0 Å². The summed E-state index contributed by atoms with van der Waals surface area (Å²) in [4.78, 5) is 0.846. The lowest BCUT2D eigenvalue weighted by Gasteiger charge is -2.19. The fourth-order valence-corrected chi connectivity index (χ4v) is 4.82. The molecule has 2 nitrogen and oxygen atoms in total. The maximum atomic E-state index is 12.5. The Bertz CT molecular complexity index is 435. The fraction of sp³-hybridized carbons (Fsp3) is 0.538. The van der Waals surface area contributed by atoms with E-state index in [1.165, 1.54) is 0 Å². The van der Waals surface area contributed by atoms with E-state index < -0.39 is 10.8 Å². The third-order valence-electron chi connectivity index (χ3n) is 3.18. The minimum atomic E-state index is -0.973. The summed E-state index contributed by atoms with van der Waals surface area (Å²) in [5.74, 6) is 0. The Morgan fingerprint density at radius 1 is 1.41 bits per heavy atom. The summed E-state index contributed by atoms with van der Waals surface area (Å²) >= 11 is 6.17. The third-order valence-corrected chi connectivity index (χ3v) is 5.52. The predicted octanol–water partition coefficient (Wildman–Crippen LogP) is 3.28. The molecule has 1 aliphatic heterocycles. The Balaban J connectivity index is 2.43. The van der Waals surface area contributed by atoms with Gasteiger partial charge in [0.2, 0.25) is 0 Å². The maximum absolute atomic E-state index is 12.5. The molecule has 1 aromatic carbocycles. The van der Waals surface area contributed by atoms with Crippen molar-refractivity contribution >= 4 is 22.4 Å². The topological polar surface area (TPSA) is 29.1 Å². The zero-order valence-electron chi connectivity index (χ0n) is 10.2. The third kappa shape index (κ3) is 2.28. The van der Waals surface area contributed by atoms with Gasteiger partial charge in [0, 0.05) is 6.04 Å². The number of hydrogen-bond acceptors (Lipinski definition) is 2. The highest BCUT2D eigenvalue weighted by atomic mass is 35.5. The van der Waals surface area contributed by atoms with Crippen molar-refractivity contribution in [1.82, 2.24) is 5.32 Å². The largest absolute Gasteiger partial charge is 0.309 e. The van der Waals surface area contributed by atoms with Crippen LogP contribution in [-0.4, -0.2) is 16.0 Å². The molecular formula is C13H18ClNOS. The van der Waals surface area contributed by atoms with E-state index in [1.807, 2.05) is 18.2 Å². The van der Waals surface area contributed by atoms with Gasteiger partial charge >= 0.3 is 0 Å². The highest BCUT2D eigenvalue weighted by Crippen LogP contribution is 2.41. The van der Waals surface area contributed by atoms with Gasteiger partial charge in [-0.1, -0.05) is 44.0 Å². The molecule has 0 aromatic heterocycles. The molecule has 0 fully saturated rings. The van der Waals surface area contributed by atoms with E-state index >= 15 is 0 Å². The zero-order valence-corrected chi connectivity index (χ0v) is 11.8. The van der Waals surface area contributed by atoms with Crippen molar-refractivity contribution in [2.45, 2.75) is 42.9 Å². The smallest absolute Gasteiger partial charge is 0.0626 e. The van der Waals surface area contributed by atoms with Gasteiger partial charge in [0.25, 0.3) is 0 Å². The summed E-state index contributed by atoms with van der Waals surface area (Å²) in [6.07, 6.45) is 2.01. The Labute approximate surface area is 110 Å². The molecule has 1 aliphatic rings. The quantitative estimate of drug-likeness (QED) is 0.911. The van der Waals surface area contributed by atoms with Crippen molar-refractivity contribution in [3.8, 4) is 0 Å². The van der Waals surface area contributed by atoms with Crippen molar-refractivity contribution in [1.29, 1.82) is 0 Å². The van der Waals surface area contributed by atoms with Crippen LogP contribution in [0.25, 0.3) is 0 Å². The summed E-state index contributed by atoms with van der Waals surface area (Å²) < 4.78 is 12.5. The molecule has 4 heteroatoms. The van der Waals surface area contributed by atoms with Gasteiger partial charge in [-0.15, -0.1) is 0 Å². The summed E-state index contributed by atoms with van der Waals surface area (Å²) in [6, 6.07) is 6.00. The minimum absolute atomic E-state index is 0.162. The van der Waals surface area contributed by atoms with Crippen LogP contribution in [-0.2, 0) is 10.8 Å². The average Bonchev–Trinajstić information content (AvgIpc) is 2.57. The first-order valence-electron chi connectivity index (χ1n) is 6.13. The second-order valence-corrected chi connectivity index (χ2v) is 6.33. The van der Waals surface area contributed by atoms with Crippen LogP contribution in [0.5, 0.6) is 0 Å². The van der Waals surface area contributed by atoms with Crippen LogP contribution >= 0.6 is 11.6 Å². The van der Waals surface area contributed by atoms with Crippen LogP contribution < -0.4 is 5.32 Å². The monoisotopic (exact) mass is 271 g/mol. The Hall–Kier alpha value is -0.380. The number of rotatable bonds is 4. The van der Waals surface area contributed by atoms with Crippen molar-refractivity contribution < 1.29 is 4.21 Å². The Morgan fingerprint density at radius 2 is 2.18 bits per heavy atom. The van der Waals surface area contributed by atoms with Gasteiger partial charge in [0.15, 0.2) is 0 Å². The normalized spacial score (nSPS) is 27.1. The molecule has 1 N–H and O–H groups in total. The lowest BCUT2D eigenvalue weighted by atomic mass is 10.0. The molecular weight excluding hydrogens is 254 g/mol. The van der Waals surface area contributed by atoms with E-state index in [4.69, 9.17) is 11.6 Å². The number of halogens is 1. The molecule has 0 spiro atoms. The molecule has 0 saturated carbocycles. The van der Waals surface area contributed by atoms with Crippen molar-refractivity contribution in [3.05, 3.63) is 28.8 Å². The summed E-state index contributed by atoms with van der Waals surface area (Å²) in [7, 11) is -0.973. The zero-order chi connectivity index (χ0) is 12.4. The van der Waals surface area contributed by atoms with E-state index in [0.717, 1.165) is 29.8 Å². The molecule has 3 atom stereocenters. The molecule has 3 unspecified atom stereocenters. The van der Waals surface area contributed by atoms with Gasteiger partial charge in [-0.3, -0.25) is 4.21 Å². The Morgan fingerprint density at radius 3 is 2.82 bits per heavy atom. The standard InChI is InChI=1S/C13H18ClNOS/c1-3-6-11-12(15-4-2)9-7-5-8-10(14)13(9)17(11)16/h5,7-8,11-12,15H,3-4,6H2,1-2H3. The van der Waals surface area contributed by atoms with Gasteiger partial charge < -0.3 is 5.32 Å². The fourth-order valence-electron chi connectivity index (χ4n) is 2.48. The van der Waals surface area contributed by atoms with Crippen LogP contribution in [0.1, 0.15) is 38.3 Å². The lowest BCUT2D eigenvalue weighted by molar-refractivity contribution is 0.507. The molecule has 1 heterocycles. The minimum Gasteiger partial charge on any atom is -0.309 e. The van der Waals surface area contributed by atoms with Crippen LogP contribution in [0.2, 0.25) is 5.02 Å². The molecule has 0 bridgehead atoms. The molecule has 17 heavy (non-hydrogen) atoms. The number of benzene rings is 1. The Kier molecular flexibility index (Phi) is 4.23. The SMILES string of the molecule is CCCC1C(NCC)c2cccc(Cl)c2S1=O. The van der Waals surface area contributed by atoms with Crippen molar-refractivity contribution in [2.75, 3.05) is 6.54 Å². The second-order valence-electron chi connectivity index (χ2n) is 4.32. The van der Waals surface area contributed by atoms with E-state index in [0.29, 0.717) is 5.02 Å². The molecule has 0 amide bonds. The average molecular weight is 272 g/mol. The predicted molar refractivity (Wildman–Crippen MR) is 73.0 cm³/mol. The van der Waals surface area contributed by atoms with E-state index in [2.05, 4.69) is 19.2 Å². The molecule has 94 valence electrons. The first-order valence-corrected chi connectivity index (χ1v) is 7.72. The van der Waals surface area contributed by atoms with Gasteiger partial charge in [0.05, 0.1) is 26.0 Å². The van der Waals surface area contributed by atoms with Crippen LogP contribution in [0.15, 0.2) is 23.1 Å². The van der Waals surface area contributed by atoms with Crippen LogP contribution in [0.3, 0.4) is 0 Å². The van der Waals surface area contributed by atoms with Gasteiger partial charge in [-0.2, -0.15) is 0 Å². The lowest BCUT2D eigenvalue weighted by Crippen LogP contribution is -2.29. The molecule has 0 saturated heterocycles. The maximum Gasteiger partial charge on any atom is 0.0626 e. The van der Waals surface area contributed by atoms with Gasteiger partial charge in [0.1, 0.15) is 0 Å². The van der Waals surface area contributed by atoms with E-state index in [-0.39, 0.29) is 11.3 Å². The molecule has 2 rings (SSSR count). The van der Waals surface area contributed by atoms with Crippen molar-refractivity contribution in [3.63, 3.8) is 0 Å². The number of hydrogen-bond donors (Lipinski definition) is 1. The van der Waals surface area contributed by atoms with E-state index in [9.17, 15) is 4.21 Å². The second kappa shape index (κ2) is 5.51. The number of nitrogens with one attached hydrogen (secondary N) is 1. The molecule has 0 radical (unpaired) electrons. The molecule has 1 aromatic rings. The van der Waals surface area contributed by atoms with Crippen LogP contribution in [0, 0.1) is 0 Å². The first kappa shape index (κ1) is 13.1. The van der Waals surface area contributed by atoms with Gasteiger partial charge in [-0.05, 0) is 24.6 Å². The first-order chi connectivity index (χ1) is 8.20. The highest BCUT2D eigenvalue weighted by molar-refractivity contribution is 7.86. The highest BCUT2D eigenvalue weighted by Gasteiger charge is 2.38.